The summed E-state index contributed by atoms with van der Waals surface area (Å²) in [6.07, 6.45) is 5.50. The van der Waals surface area contributed by atoms with Gasteiger partial charge in [0.05, 0.1) is 5.69 Å². The Balaban J connectivity index is 1.64. The highest BCUT2D eigenvalue weighted by atomic mass is 28.4. The maximum absolute atomic E-state index is 12.3. The molecule has 8 nitrogen and oxygen atoms in total. The average molecular weight is 483 g/mol. The van der Waals surface area contributed by atoms with Crippen LogP contribution in [0.15, 0.2) is 24.5 Å². The second-order valence-corrected chi connectivity index (χ2v) is 15.8. The molecule has 1 aromatic carbocycles. The largest absolute Gasteiger partial charge is 0.480 e. The van der Waals surface area contributed by atoms with Crippen molar-refractivity contribution in [2.45, 2.75) is 77.2 Å². The first kappa shape index (κ1) is 24.5. The van der Waals surface area contributed by atoms with Gasteiger partial charge >= 0.3 is 5.97 Å². The van der Waals surface area contributed by atoms with E-state index in [-0.39, 0.29) is 23.0 Å². The smallest absolute Gasteiger partial charge is 0.324 e. The third-order valence-electron chi connectivity index (χ3n) is 7.25. The number of hydrazine groups is 1. The fourth-order valence-electron chi connectivity index (χ4n) is 4.26. The molecule has 34 heavy (non-hydrogen) atoms. The highest BCUT2D eigenvalue weighted by Crippen LogP contribution is 2.53. The molecule has 1 aliphatic heterocycles. The van der Waals surface area contributed by atoms with Crippen LogP contribution in [0.4, 0.5) is 5.69 Å². The number of anilines is 1. The number of hydrogen-bond acceptors (Lipinski definition) is 7. The Morgan fingerprint density at radius 2 is 1.82 bits per heavy atom. The Labute approximate surface area is 201 Å². The minimum absolute atomic E-state index is 0.0734. The van der Waals surface area contributed by atoms with Crippen molar-refractivity contribution < 1.29 is 19.1 Å². The second kappa shape index (κ2) is 8.25. The number of Topliss-reactive ketones (excluding diaryl/α,β-unsaturated/α-hetero) is 1. The summed E-state index contributed by atoms with van der Waals surface area (Å²) in [5, 5.41) is 10.9. The molecule has 1 aromatic heterocycles. The Hall–Kier alpha value is -2.62. The van der Waals surface area contributed by atoms with Gasteiger partial charge in [-0.15, -0.1) is 0 Å². The molecule has 0 saturated heterocycles. The Morgan fingerprint density at radius 3 is 2.32 bits per heavy atom. The van der Waals surface area contributed by atoms with Crippen LogP contribution in [-0.4, -0.2) is 41.7 Å². The fraction of sp³-hybridized carbons (Fsp3) is 0.520. The molecule has 0 bridgehead atoms. The molecule has 2 aromatic rings. The number of fused-ring (bicyclic) bond motifs is 1. The molecule has 1 aliphatic carbocycles. The summed E-state index contributed by atoms with van der Waals surface area (Å²) in [4.78, 5) is 33.0. The molecular formula is C25H34N4O4Si. The van der Waals surface area contributed by atoms with E-state index in [2.05, 4.69) is 39.3 Å². The van der Waals surface area contributed by atoms with Gasteiger partial charge < -0.3 is 9.53 Å². The lowest BCUT2D eigenvalue weighted by Gasteiger charge is -2.39. The van der Waals surface area contributed by atoms with Gasteiger partial charge in [0.2, 0.25) is 0 Å². The summed E-state index contributed by atoms with van der Waals surface area (Å²) in [5.41, 5.74) is 6.79. The van der Waals surface area contributed by atoms with Crippen molar-refractivity contribution in [2.75, 3.05) is 11.6 Å². The van der Waals surface area contributed by atoms with Crippen molar-refractivity contribution in [3.05, 3.63) is 41.5 Å². The standard InChI is InChI=1S/C25H34N4O4Si/c1-15-10-17(11-19-21(16(2)30)28-29(22(15)19)14-20(31)32)18-12-26-23(27-13-18)25(8-9-25)33-34(6,7)24(3,4)5/h10-13,21,28H,8-9,14H2,1-7H3,(H,31,32). The number of carboxylic acids is 1. The van der Waals surface area contributed by atoms with Crippen LogP contribution in [0.5, 0.6) is 0 Å². The number of aryl methyl sites for hydroxylation is 1. The van der Waals surface area contributed by atoms with E-state index in [1.54, 1.807) is 0 Å². The molecule has 0 amide bonds. The number of carbonyl (C=O) groups is 2. The highest BCUT2D eigenvalue weighted by molar-refractivity contribution is 6.74. The van der Waals surface area contributed by atoms with E-state index < -0.39 is 20.3 Å². The molecular weight excluding hydrogens is 448 g/mol. The van der Waals surface area contributed by atoms with E-state index in [4.69, 9.17) is 14.4 Å². The molecule has 1 unspecified atom stereocenters. The van der Waals surface area contributed by atoms with E-state index in [9.17, 15) is 14.7 Å². The van der Waals surface area contributed by atoms with Crippen LogP contribution in [0.1, 0.15) is 63.5 Å². The lowest BCUT2D eigenvalue weighted by atomic mass is 9.95. The minimum atomic E-state index is -1.96. The highest BCUT2D eigenvalue weighted by Gasteiger charge is 2.54. The predicted molar refractivity (Wildman–Crippen MR) is 133 cm³/mol. The number of ketones is 1. The van der Waals surface area contributed by atoms with Gasteiger partial charge in [0.25, 0.3) is 0 Å². The molecule has 0 radical (unpaired) electrons. The Morgan fingerprint density at radius 1 is 1.21 bits per heavy atom. The molecule has 1 saturated carbocycles. The molecule has 2 N–H and O–H groups in total. The van der Waals surface area contributed by atoms with Crippen molar-refractivity contribution in [2.24, 2.45) is 0 Å². The first-order chi connectivity index (χ1) is 15.7. The van der Waals surface area contributed by atoms with E-state index in [0.717, 1.165) is 46.6 Å². The molecule has 182 valence electrons. The van der Waals surface area contributed by atoms with Crippen molar-refractivity contribution in [1.82, 2.24) is 15.4 Å². The number of hydrogen-bond donors (Lipinski definition) is 2. The number of carbonyl (C=O) groups excluding carboxylic acids is 1. The predicted octanol–water partition coefficient (Wildman–Crippen LogP) is 4.50. The molecule has 2 aliphatic rings. The van der Waals surface area contributed by atoms with E-state index in [0.29, 0.717) is 0 Å². The van der Waals surface area contributed by atoms with Gasteiger partial charge in [-0.05, 0) is 68.1 Å². The summed E-state index contributed by atoms with van der Waals surface area (Å²) in [6.45, 7) is 14.4. The van der Waals surface area contributed by atoms with Crippen molar-refractivity contribution in [1.29, 1.82) is 0 Å². The quantitative estimate of drug-likeness (QED) is 0.556. The van der Waals surface area contributed by atoms with Crippen LogP contribution in [0, 0.1) is 6.92 Å². The van der Waals surface area contributed by atoms with Crippen LogP contribution in [-0.2, 0) is 19.6 Å². The van der Waals surface area contributed by atoms with Crippen LogP contribution in [0.25, 0.3) is 11.1 Å². The third-order valence-corrected chi connectivity index (χ3v) is 11.8. The maximum atomic E-state index is 12.3. The first-order valence-electron chi connectivity index (χ1n) is 11.7. The van der Waals surface area contributed by atoms with E-state index >= 15 is 0 Å². The van der Waals surface area contributed by atoms with Crippen molar-refractivity contribution in [3.8, 4) is 11.1 Å². The van der Waals surface area contributed by atoms with Gasteiger partial charge in [-0.2, -0.15) is 0 Å². The van der Waals surface area contributed by atoms with E-state index in [1.165, 1.54) is 11.9 Å². The SMILES string of the molecule is CC(=O)C1NN(CC(=O)O)c2c(C)cc(-c3cnc(C4(O[Si](C)(C)C(C)(C)C)CC4)nc3)cc21. The zero-order chi connectivity index (χ0) is 25.1. The summed E-state index contributed by atoms with van der Waals surface area (Å²) in [5.74, 6) is -0.311. The molecule has 1 atom stereocenters. The number of aliphatic carboxylic acids is 1. The van der Waals surface area contributed by atoms with Crippen LogP contribution < -0.4 is 10.4 Å². The van der Waals surface area contributed by atoms with Crippen molar-refractivity contribution in [3.63, 3.8) is 0 Å². The van der Waals surface area contributed by atoms with Crippen LogP contribution in [0.3, 0.4) is 0 Å². The normalized spacial score (nSPS) is 19.1. The van der Waals surface area contributed by atoms with Gasteiger partial charge in [-0.1, -0.05) is 20.8 Å². The number of aromatic nitrogens is 2. The number of nitrogens with zero attached hydrogens (tertiary/aromatic N) is 3. The van der Waals surface area contributed by atoms with Crippen LogP contribution in [0.2, 0.25) is 18.1 Å². The number of carboxylic acid groups (broad SMARTS) is 1. The summed E-state index contributed by atoms with van der Waals surface area (Å²) in [7, 11) is -1.96. The van der Waals surface area contributed by atoms with Crippen molar-refractivity contribution >= 4 is 25.8 Å². The Bertz CT molecular complexity index is 1140. The summed E-state index contributed by atoms with van der Waals surface area (Å²) >= 11 is 0. The van der Waals surface area contributed by atoms with Crippen LogP contribution >= 0.6 is 0 Å². The number of benzene rings is 1. The van der Waals surface area contributed by atoms with Gasteiger partial charge in [0.1, 0.15) is 18.2 Å². The summed E-state index contributed by atoms with van der Waals surface area (Å²) < 4.78 is 6.71. The maximum Gasteiger partial charge on any atom is 0.324 e. The fourth-order valence-corrected chi connectivity index (χ4v) is 5.84. The zero-order valence-electron chi connectivity index (χ0n) is 21.0. The molecule has 0 spiro atoms. The molecule has 4 rings (SSSR count). The lowest BCUT2D eigenvalue weighted by Crippen LogP contribution is -2.44. The Kier molecular flexibility index (Phi) is 5.94. The summed E-state index contributed by atoms with van der Waals surface area (Å²) in [6, 6.07) is 3.33. The average Bonchev–Trinajstić information content (AvgIpc) is 3.40. The first-order valence-corrected chi connectivity index (χ1v) is 14.6. The monoisotopic (exact) mass is 482 g/mol. The van der Waals surface area contributed by atoms with E-state index in [1.807, 2.05) is 31.5 Å². The van der Waals surface area contributed by atoms with Gasteiger partial charge in [0, 0.05) is 23.5 Å². The minimum Gasteiger partial charge on any atom is -0.480 e. The lowest BCUT2D eigenvalue weighted by molar-refractivity contribution is -0.135. The zero-order valence-corrected chi connectivity index (χ0v) is 22.0. The number of nitrogens with one attached hydrogen (secondary N) is 1. The topological polar surface area (TPSA) is 105 Å². The molecule has 1 fully saturated rings. The number of rotatable bonds is 7. The molecule has 9 heteroatoms. The second-order valence-electron chi connectivity index (χ2n) is 11.0. The van der Waals surface area contributed by atoms with Gasteiger partial charge in [0.15, 0.2) is 19.9 Å². The van der Waals surface area contributed by atoms with Gasteiger partial charge in [-0.25, -0.2) is 15.4 Å². The third kappa shape index (κ3) is 4.39. The molecule has 2 heterocycles. The van der Waals surface area contributed by atoms with Gasteiger partial charge in [-0.3, -0.25) is 14.6 Å².